The highest BCUT2D eigenvalue weighted by molar-refractivity contribution is 6.34. The largest absolute Gasteiger partial charge is 0.486 e. The van der Waals surface area contributed by atoms with Crippen LogP contribution in [0.5, 0.6) is 5.75 Å². The van der Waals surface area contributed by atoms with Gasteiger partial charge in [0.15, 0.2) is 0 Å². The zero-order valence-electron chi connectivity index (χ0n) is 9.72. The first-order valence-corrected chi connectivity index (χ1v) is 6.74. The Hall–Kier alpha value is -0.440. The van der Waals surface area contributed by atoms with Gasteiger partial charge in [-0.1, -0.05) is 29.6 Å². The Morgan fingerprint density at radius 1 is 1.06 bits per heavy atom. The first kappa shape index (κ1) is 13.0. The molecular weight excluding hydrogens is 257 g/mol. The highest BCUT2D eigenvalue weighted by atomic mass is 35.5. The molecule has 17 heavy (non-hydrogen) atoms. The number of rotatable bonds is 3. The van der Waals surface area contributed by atoms with Crippen LogP contribution in [0.15, 0.2) is 18.2 Å². The lowest BCUT2D eigenvalue weighted by Gasteiger charge is -2.36. The predicted molar refractivity (Wildman–Crippen MR) is 72.0 cm³/mol. The fourth-order valence-electron chi connectivity index (χ4n) is 2.38. The van der Waals surface area contributed by atoms with Crippen LogP contribution in [0, 0.1) is 0 Å². The molecule has 94 valence electrons. The van der Waals surface area contributed by atoms with Gasteiger partial charge < -0.3 is 10.5 Å². The molecule has 1 aliphatic carbocycles. The minimum Gasteiger partial charge on any atom is -0.486 e. The van der Waals surface area contributed by atoms with Crippen LogP contribution >= 0.6 is 23.2 Å². The summed E-state index contributed by atoms with van der Waals surface area (Å²) >= 11 is 11.9. The summed E-state index contributed by atoms with van der Waals surface area (Å²) in [4.78, 5) is 0. The van der Waals surface area contributed by atoms with Crippen molar-refractivity contribution in [2.75, 3.05) is 6.54 Å². The average molecular weight is 274 g/mol. The normalized spacial score (nSPS) is 19.0. The lowest BCUT2D eigenvalue weighted by Crippen LogP contribution is -2.45. The van der Waals surface area contributed by atoms with Crippen molar-refractivity contribution >= 4 is 23.2 Å². The second kappa shape index (κ2) is 5.47. The van der Waals surface area contributed by atoms with E-state index in [2.05, 4.69) is 0 Å². The summed E-state index contributed by atoms with van der Waals surface area (Å²) in [5.41, 5.74) is 5.64. The Balaban J connectivity index is 2.17. The van der Waals surface area contributed by atoms with E-state index in [0.717, 1.165) is 18.6 Å². The smallest absolute Gasteiger partial charge is 0.123 e. The summed E-state index contributed by atoms with van der Waals surface area (Å²) in [6.45, 7) is 0.539. The van der Waals surface area contributed by atoms with Gasteiger partial charge in [0.05, 0.1) is 0 Å². The maximum atomic E-state index is 6.06. The summed E-state index contributed by atoms with van der Waals surface area (Å²) in [5.74, 6) is 0.717. The van der Waals surface area contributed by atoms with E-state index in [1.165, 1.54) is 19.3 Å². The van der Waals surface area contributed by atoms with Gasteiger partial charge in [-0.15, -0.1) is 0 Å². The fraction of sp³-hybridized carbons (Fsp3) is 0.538. The van der Waals surface area contributed by atoms with Gasteiger partial charge in [-0.3, -0.25) is 0 Å². The SMILES string of the molecule is NCC1(Oc2cc(Cl)cc(Cl)c2)CCCCC1. The van der Waals surface area contributed by atoms with Crippen LogP contribution in [0.2, 0.25) is 10.0 Å². The molecule has 1 aromatic rings. The monoisotopic (exact) mass is 273 g/mol. The molecule has 2 nitrogen and oxygen atoms in total. The van der Waals surface area contributed by atoms with Gasteiger partial charge in [0, 0.05) is 16.6 Å². The van der Waals surface area contributed by atoms with E-state index in [1.54, 1.807) is 18.2 Å². The third-order valence-corrected chi connectivity index (χ3v) is 3.74. The van der Waals surface area contributed by atoms with Crippen molar-refractivity contribution in [1.29, 1.82) is 0 Å². The van der Waals surface area contributed by atoms with Crippen LogP contribution in [0.25, 0.3) is 0 Å². The van der Waals surface area contributed by atoms with Gasteiger partial charge in [0.2, 0.25) is 0 Å². The zero-order chi connectivity index (χ0) is 12.3. The third-order valence-electron chi connectivity index (χ3n) is 3.31. The van der Waals surface area contributed by atoms with E-state index in [9.17, 15) is 0 Å². The average Bonchev–Trinajstić information content (AvgIpc) is 2.29. The molecule has 0 aliphatic heterocycles. The topological polar surface area (TPSA) is 35.2 Å². The molecule has 0 atom stereocenters. The van der Waals surface area contributed by atoms with Gasteiger partial charge in [0.1, 0.15) is 11.4 Å². The summed E-state index contributed by atoms with van der Waals surface area (Å²) in [7, 11) is 0. The summed E-state index contributed by atoms with van der Waals surface area (Å²) in [6.07, 6.45) is 5.62. The summed E-state index contributed by atoms with van der Waals surface area (Å²) in [5, 5.41) is 1.19. The van der Waals surface area contributed by atoms with Crippen molar-refractivity contribution in [1.82, 2.24) is 0 Å². The molecule has 0 heterocycles. The minimum absolute atomic E-state index is 0.230. The van der Waals surface area contributed by atoms with E-state index in [0.29, 0.717) is 16.6 Å². The summed E-state index contributed by atoms with van der Waals surface area (Å²) in [6, 6.07) is 5.28. The van der Waals surface area contributed by atoms with E-state index in [4.69, 9.17) is 33.7 Å². The van der Waals surface area contributed by atoms with Crippen LogP contribution < -0.4 is 10.5 Å². The quantitative estimate of drug-likeness (QED) is 0.903. The Kier molecular flexibility index (Phi) is 4.18. The second-order valence-corrected chi connectivity index (χ2v) is 5.53. The van der Waals surface area contributed by atoms with Crippen LogP contribution in [-0.4, -0.2) is 12.1 Å². The van der Waals surface area contributed by atoms with Crippen molar-refractivity contribution in [3.05, 3.63) is 28.2 Å². The Labute approximate surface area is 112 Å². The van der Waals surface area contributed by atoms with Crippen molar-refractivity contribution in [2.45, 2.75) is 37.7 Å². The Morgan fingerprint density at radius 2 is 1.65 bits per heavy atom. The molecule has 1 fully saturated rings. The van der Waals surface area contributed by atoms with E-state index >= 15 is 0 Å². The molecule has 0 spiro atoms. The highest BCUT2D eigenvalue weighted by Gasteiger charge is 2.32. The molecule has 1 aliphatic rings. The number of benzene rings is 1. The Morgan fingerprint density at radius 3 is 2.18 bits per heavy atom. The van der Waals surface area contributed by atoms with E-state index in [1.807, 2.05) is 0 Å². The van der Waals surface area contributed by atoms with E-state index < -0.39 is 0 Å². The van der Waals surface area contributed by atoms with Crippen molar-refractivity contribution in [3.63, 3.8) is 0 Å². The molecule has 4 heteroatoms. The fourth-order valence-corrected chi connectivity index (χ4v) is 2.89. The standard InChI is InChI=1S/C13H17Cl2NO/c14-10-6-11(15)8-12(7-10)17-13(9-16)4-2-1-3-5-13/h6-8H,1-5,9,16H2. The Bertz CT molecular complexity index is 369. The van der Waals surface area contributed by atoms with Crippen LogP contribution in [0.1, 0.15) is 32.1 Å². The number of ether oxygens (including phenoxy) is 1. The number of hydrogen-bond donors (Lipinski definition) is 1. The maximum absolute atomic E-state index is 6.06. The minimum atomic E-state index is -0.230. The molecule has 0 amide bonds. The number of nitrogens with two attached hydrogens (primary N) is 1. The molecule has 0 radical (unpaired) electrons. The van der Waals surface area contributed by atoms with Gasteiger partial charge in [0.25, 0.3) is 0 Å². The molecule has 0 bridgehead atoms. The molecule has 1 saturated carbocycles. The van der Waals surface area contributed by atoms with Gasteiger partial charge in [-0.25, -0.2) is 0 Å². The number of hydrogen-bond acceptors (Lipinski definition) is 2. The lowest BCUT2D eigenvalue weighted by molar-refractivity contribution is 0.0387. The van der Waals surface area contributed by atoms with Gasteiger partial charge in [-0.2, -0.15) is 0 Å². The van der Waals surface area contributed by atoms with Crippen molar-refractivity contribution < 1.29 is 4.74 Å². The molecule has 1 aromatic carbocycles. The van der Waals surface area contributed by atoms with Crippen molar-refractivity contribution in [2.24, 2.45) is 5.73 Å². The predicted octanol–water partition coefficient (Wildman–Crippen LogP) is 4.03. The van der Waals surface area contributed by atoms with Crippen LogP contribution in [0.3, 0.4) is 0 Å². The van der Waals surface area contributed by atoms with Crippen LogP contribution in [0.4, 0.5) is 0 Å². The number of halogens is 2. The van der Waals surface area contributed by atoms with Gasteiger partial charge >= 0.3 is 0 Å². The molecule has 2 rings (SSSR count). The molecule has 2 N–H and O–H groups in total. The van der Waals surface area contributed by atoms with Crippen LogP contribution in [-0.2, 0) is 0 Å². The zero-order valence-corrected chi connectivity index (χ0v) is 11.2. The first-order valence-electron chi connectivity index (χ1n) is 5.99. The van der Waals surface area contributed by atoms with Gasteiger partial charge in [-0.05, 0) is 43.9 Å². The lowest BCUT2D eigenvalue weighted by atomic mass is 9.84. The summed E-state index contributed by atoms with van der Waals surface area (Å²) < 4.78 is 6.06. The molecule has 0 aromatic heterocycles. The molecule has 0 unspecified atom stereocenters. The van der Waals surface area contributed by atoms with E-state index in [-0.39, 0.29) is 5.60 Å². The first-order chi connectivity index (χ1) is 8.13. The molecular formula is C13H17Cl2NO. The maximum Gasteiger partial charge on any atom is 0.123 e. The van der Waals surface area contributed by atoms with Crippen molar-refractivity contribution in [3.8, 4) is 5.75 Å². The molecule has 0 saturated heterocycles. The third kappa shape index (κ3) is 3.27. The highest BCUT2D eigenvalue weighted by Crippen LogP contribution is 2.34. The second-order valence-electron chi connectivity index (χ2n) is 4.66.